The first-order chi connectivity index (χ1) is 4.70. The summed E-state index contributed by atoms with van der Waals surface area (Å²) in [6.07, 6.45) is 0. The van der Waals surface area contributed by atoms with E-state index in [0.29, 0.717) is 11.7 Å². The summed E-state index contributed by atoms with van der Waals surface area (Å²) in [5.41, 5.74) is 0. The first kappa shape index (κ1) is 8.54. The zero-order valence-corrected chi connectivity index (χ0v) is 5.94. The molecule has 0 bridgehead atoms. The fraction of sp³-hybridized carbons (Fsp3) is 0.500. The van der Waals surface area contributed by atoms with Gasteiger partial charge in [-0.05, 0) is 13.8 Å². The van der Waals surface area contributed by atoms with Gasteiger partial charge in [0, 0.05) is 0 Å². The van der Waals surface area contributed by atoms with Crippen LogP contribution in [0.4, 0.5) is 0 Å². The van der Waals surface area contributed by atoms with Crippen LogP contribution in [-0.4, -0.2) is 11.7 Å². The maximum atomic E-state index is 4.86. The summed E-state index contributed by atoms with van der Waals surface area (Å²) in [5.74, 6) is 10.5. The first-order valence-corrected chi connectivity index (χ1v) is 2.61. The molecule has 6 nitrogen and oxygen atoms in total. The number of rotatable bonds is 0. The molecule has 4 N–H and O–H groups in total. The lowest BCUT2D eigenvalue weighted by molar-refractivity contribution is 1.15. The third-order valence-electron chi connectivity index (χ3n) is 0.713. The Kier molecular flexibility index (Phi) is 3.78. The minimum atomic E-state index is 0.378. The third kappa shape index (κ3) is 3.53. The largest absolute Gasteiger partial charge is 0.321 e. The number of nitrogens with two attached hydrogens (primary N) is 2. The third-order valence-corrected chi connectivity index (χ3v) is 0.713. The van der Waals surface area contributed by atoms with Gasteiger partial charge in [0.1, 0.15) is 0 Å². The topological polar surface area (TPSA) is 101 Å². The second-order valence-corrected chi connectivity index (χ2v) is 1.55. The Morgan fingerprint density at radius 1 is 0.900 bits per heavy atom. The van der Waals surface area contributed by atoms with Gasteiger partial charge in [0.25, 0.3) is 0 Å². The predicted molar refractivity (Wildman–Crippen MR) is 39.4 cm³/mol. The van der Waals surface area contributed by atoms with E-state index in [1.807, 2.05) is 0 Å². The predicted octanol–water partition coefficient (Wildman–Crippen LogP) is 0.0228. The molecule has 0 aliphatic carbocycles. The lowest BCUT2D eigenvalue weighted by Gasteiger charge is -1.85. The van der Waals surface area contributed by atoms with Crippen molar-refractivity contribution in [1.82, 2.24) is 0 Å². The van der Waals surface area contributed by atoms with E-state index in [4.69, 9.17) is 11.7 Å². The van der Waals surface area contributed by atoms with Crippen LogP contribution in [-0.2, 0) is 0 Å². The van der Waals surface area contributed by atoms with Crippen LogP contribution in [0.3, 0.4) is 0 Å². The highest BCUT2D eigenvalue weighted by Gasteiger charge is 1.84. The lowest BCUT2D eigenvalue weighted by Crippen LogP contribution is -1.94. The van der Waals surface area contributed by atoms with Gasteiger partial charge >= 0.3 is 0 Å². The van der Waals surface area contributed by atoms with Crippen LogP contribution in [0.15, 0.2) is 20.4 Å². The van der Waals surface area contributed by atoms with Crippen molar-refractivity contribution in [2.75, 3.05) is 0 Å². The van der Waals surface area contributed by atoms with E-state index in [-0.39, 0.29) is 0 Å². The number of hydrogen-bond donors (Lipinski definition) is 2. The second-order valence-electron chi connectivity index (χ2n) is 1.55. The highest BCUT2D eigenvalue weighted by atomic mass is 15.3. The van der Waals surface area contributed by atoms with E-state index >= 15 is 0 Å². The van der Waals surface area contributed by atoms with Crippen LogP contribution < -0.4 is 11.7 Å². The zero-order valence-electron chi connectivity index (χ0n) is 5.94. The molecular formula is C4H10N6. The van der Waals surface area contributed by atoms with Crippen LogP contribution in [0, 0.1) is 0 Å². The Morgan fingerprint density at radius 3 is 1.40 bits per heavy atom. The molecule has 0 aliphatic heterocycles. The summed E-state index contributed by atoms with van der Waals surface area (Å²) in [4.78, 5) is 0. The SMILES string of the molecule is CC(/N=N/C(C)=N/N)=N\N. The molecule has 0 atom stereocenters. The molecule has 0 heterocycles. The fourth-order valence-electron chi connectivity index (χ4n) is 0.196. The van der Waals surface area contributed by atoms with Gasteiger partial charge in [-0.15, -0.1) is 10.2 Å². The van der Waals surface area contributed by atoms with Gasteiger partial charge in [-0.3, -0.25) is 0 Å². The van der Waals surface area contributed by atoms with Crippen LogP contribution in [0.5, 0.6) is 0 Å². The van der Waals surface area contributed by atoms with E-state index in [9.17, 15) is 0 Å². The molecule has 0 aliphatic rings. The summed E-state index contributed by atoms with van der Waals surface area (Å²) in [6, 6.07) is 0. The fourth-order valence-corrected chi connectivity index (χ4v) is 0.196. The number of amidine groups is 2. The Labute approximate surface area is 58.7 Å². The number of azo groups is 1. The zero-order chi connectivity index (χ0) is 7.98. The molecule has 56 valence electrons. The summed E-state index contributed by atoms with van der Waals surface area (Å²) >= 11 is 0. The molecule has 0 unspecified atom stereocenters. The number of hydrazone groups is 2. The smallest absolute Gasteiger partial charge is 0.167 e. The van der Waals surface area contributed by atoms with Gasteiger partial charge in [0.2, 0.25) is 0 Å². The maximum absolute atomic E-state index is 4.86. The summed E-state index contributed by atoms with van der Waals surface area (Å²) in [6.45, 7) is 3.24. The molecule has 0 radical (unpaired) electrons. The lowest BCUT2D eigenvalue weighted by atomic mass is 10.7. The molecule has 0 aromatic heterocycles. The van der Waals surface area contributed by atoms with Crippen LogP contribution >= 0.6 is 0 Å². The number of nitrogens with zero attached hydrogens (tertiary/aromatic N) is 4. The molecule has 10 heavy (non-hydrogen) atoms. The van der Waals surface area contributed by atoms with Gasteiger partial charge in [-0.2, -0.15) is 10.2 Å². The Morgan fingerprint density at radius 2 is 1.20 bits per heavy atom. The Balaban J connectivity index is 4.01. The molecule has 0 aromatic carbocycles. The van der Waals surface area contributed by atoms with Crippen molar-refractivity contribution in [2.24, 2.45) is 32.1 Å². The van der Waals surface area contributed by atoms with Crippen LogP contribution in [0.1, 0.15) is 13.8 Å². The minimum Gasteiger partial charge on any atom is -0.321 e. The van der Waals surface area contributed by atoms with Crippen molar-refractivity contribution >= 4 is 11.7 Å². The molecule has 0 rings (SSSR count). The standard InChI is InChI=1S/C4H10N6/c1-3(7-5)9-10-4(2)8-6/h5-6H2,1-2H3/b7-3+,8-4+,10-9+. The first-order valence-electron chi connectivity index (χ1n) is 2.61. The van der Waals surface area contributed by atoms with E-state index in [1.54, 1.807) is 13.8 Å². The van der Waals surface area contributed by atoms with Crippen LogP contribution in [0.2, 0.25) is 0 Å². The van der Waals surface area contributed by atoms with E-state index in [0.717, 1.165) is 0 Å². The molecule has 0 fully saturated rings. The Hall–Kier alpha value is -1.46. The van der Waals surface area contributed by atoms with Crippen molar-refractivity contribution < 1.29 is 0 Å². The summed E-state index contributed by atoms with van der Waals surface area (Å²) in [7, 11) is 0. The average molecular weight is 142 g/mol. The van der Waals surface area contributed by atoms with E-state index in [1.165, 1.54) is 0 Å². The second kappa shape index (κ2) is 4.42. The van der Waals surface area contributed by atoms with Crippen molar-refractivity contribution in [3.05, 3.63) is 0 Å². The van der Waals surface area contributed by atoms with E-state index < -0.39 is 0 Å². The van der Waals surface area contributed by atoms with Gasteiger partial charge in [-0.25, -0.2) is 0 Å². The molecule has 0 saturated carbocycles. The summed E-state index contributed by atoms with van der Waals surface area (Å²) < 4.78 is 0. The van der Waals surface area contributed by atoms with Crippen LogP contribution in [0.25, 0.3) is 0 Å². The van der Waals surface area contributed by atoms with Crippen molar-refractivity contribution in [3.63, 3.8) is 0 Å². The molecule has 0 aromatic rings. The van der Waals surface area contributed by atoms with E-state index in [2.05, 4.69) is 20.4 Å². The van der Waals surface area contributed by atoms with Crippen molar-refractivity contribution in [1.29, 1.82) is 0 Å². The quantitative estimate of drug-likeness (QED) is 0.164. The van der Waals surface area contributed by atoms with Crippen molar-refractivity contribution in [2.45, 2.75) is 13.8 Å². The average Bonchev–Trinajstić information content (AvgIpc) is 1.99. The molecular weight excluding hydrogens is 132 g/mol. The van der Waals surface area contributed by atoms with Gasteiger partial charge in [0.15, 0.2) is 11.7 Å². The number of hydrogen-bond acceptors (Lipinski definition) is 4. The molecule has 0 saturated heterocycles. The highest BCUT2D eigenvalue weighted by molar-refractivity contribution is 5.84. The van der Waals surface area contributed by atoms with Crippen molar-refractivity contribution in [3.8, 4) is 0 Å². The maximum Gasteiger partial charge on any atom is 0.167 e. The monoisotopic (exact) mass is 142 g/mol. The minimum absolute atomic E-state index is 0.378. The highest BCUT2D eigenvalue weighted by Crippen LogP contribution is 1.81. The molecule has 6 heteroatoms. The Bertz CT molecular complexity index is 158. The van der Waals surface area contributed by atoms with Gasteiger partial charge in [0.05, 0.1) is 0 Å². The normalized spacial score (nSPS) is 14.6. The molecule has 0 amide bonds. The summed E-state index contributed by atoms with van der Waals surface area (Å²) in [5, 5.41) is 13.6. The van der Waals surface area contributed by atoms with Gasteiger partial charge < -0.3 is 11.7 Å². The molecule has 0 spiro atoms. The van der Waals surface area contributed by atoms with Gasteiger partial charge in [-0.1, -0.05) is 0 Å².